The van der Waals surface area contributed by atoms with Crippen molar-refractivity contribution in [1.29, 1.82) is 0 Å². The van der Waals surface area contributed by atoms with Gasteiger partial charge in [-0.1, -0.05) is 42.1 Å². The van der Waals surface area contributed by atoms with Gasteiger partial charge >= 0.3 is 5.69 Å². The minimum absolute atomic E-state index is 0.0390. The molecule has 11 heteroatoms. The zero-order chi connectivity index (χ0) is 24.1. The molecule has 1 N–H and O–H groups in total. The Kier molecular flexibility index (Phi) is 7.71. The number of nitrogens with zero attached hydrogens (tertiary/aromatic N) is 2. The van der Waals surface area contributed by atoms with E-state index in [9.17, 15) is 14.4 Å². The summed E-state index contributed by atoms with van der Waals surface area (Å²) in [4.78, 5) is 38.7. The van der Waals surface area contributed by atoms with Crippen LogP contribution in [0.4, 0.5) is 0 Å². The highest BCUT2D eigenvalue weighted by atomic mass is 32.2. The second-order valence-corrected chi connectivity index (χ2v) is 10.3. The third kappa shape index (κ3) is 6.01. The van der Waals surface area contributed by atoms with Crippen LogP contribution in [0.25, 0.3) is 0 Å². The van der Waals surface area contributed by atoms with E-state index in [0.29, 0.717) is 17.5 Å². The van der Waals surface area contributed by atoms with Gasteiger partial charge in [-0.15, -0.1) is 0 Å². The summed E-state index contributed by atoms with van der Waals surface area (Å²) in [5.41, 5.74) is 0.0275. The first-order chi connectivity index (χ1) is 16.5. The van der Waals surface area contributed by atoms with Crippen LogP contribution in [0.2, 0.25) is 0 Å². The molecule has 0 spiro atoms. The van der Waals surface area contributed by atoms with Crippen LogP contribution in [0.15, 0.2) is 46.1 Å². The number of hydrogen-bond acceptors (Lipinski definition) is 8. The van der Waals surface area contributed by atoms with Crippen molar-refractivity contribution >= 4 is 25.4 Å². The van der Waals surface area contributed by atoms with E-state index in [0.717, 1.165) is 37.7 Å². The fraction of sp³-hybridized carbons (Fsp3) is 0.500. The van der Waals surface area contributed by atoms with Gasteiger partial charge in [0.25, 0.3) is 14.1 Å². The van der Waals surface area contributed by atoms with E-state index in [-0.39, 0.29) is 18.0 Å². The summed E-state index contributed by atoms with van der Waals surface area (Å²) >= 11 is 1.08. The number of aromatic nitrogens is 2. The number of thioether (sulfide) groups is 1. The lowest BCUT2D eigenvalue weighted by atomic mass is 10.2. The number of nitrogens with one attached hydrogen (secondary N) is 1. The van der Waals surface area contributed by atoms with Crippen molar-refractivity contribution in [3.63, 3.8) is 0 Å². The fourth-order valence-electron chi connectivity index (χ4n) is 3.73. The number of benzene rings is 1. The first-order valence-corrected chi connectivity index (χ1v) is 12.9. The van der Waals surface area contributed by atoms with Gasteiger partial charge in [0.05, 0.1) is 12.2 Å². The van der Waals surface area contributed by atoms with E-state index in [1.807, 2.05) is 18.2 Å². The van der Waals surface area contributed by atoms with Crippen LogP contribution in [0.3, 0.4) is 0 Å². The summed E-state index contributed by atoms with van der Waals surface area (Å²) in [5.74, 6) is 0.150. The molecular weight excluding hydrogens is 465 g/mol. The zero-order valence-electron chi connectivity index (χ0n) is 19.3. The molecule has 2 aliphatic rings. The zero-order valence-corrected chi connectivity index (χ0v) is 20.1. The number of H-pyrrole nitrogens is 1. The molecule has 9 nitrogen and oxygen atoms in total. The van der Waals surface area contributed by atoms with Crippen molar-refractivity contribution in [1.82, 2.24) is 14.2 Å². The Hall–Kier alpha value is -1.81. The molecule has 0 aliphatic carbocycles. The third-order valence-electron chi connectivity index (χ3n) is 5.54. The van der Waals surface area contributed by atoms with Crippen LogP contribution in [0, 0.1) is 6.92 Å². The molecule has 3 heterocycles. The lowest BCUT2D eigenvalue weighted by Crippen LogP contribution is -2.33. The summed E-state index contributed by atoms with van der Waals surface area (Å²) in [7, 11) is -1.46. The second kappa shape index (κ2) is 11.1. The fourth-order valence-corrected chi connectivity index (χ4v) is 6.13. The van der Waals surface area contributed by atoms with E-state index in [1.165, 1.54) is 10.8 Å². The molecule has 4 atom stereocenters. The first kappa shape index (κ1) is 23.0. The monoisotopic (exact) mass is 494 g/mol. The minimum Gasteiger partial charge on any atom is -0.352 e. The standard InChI is InChI=1S/C22H28N3O6PS/c1-15-13-25(22(28)23-20(15)26)19-12-18(16(2)30-19)31-32(24-10-6-7-11-24)29-14-33-21(27)17-8-4-3-5-9-17/h3-5,8-9,13,16,18-19H,6-7,10-12,14H2,1-2H3,(H,23,26,28)/t16-,18?,19-,32?/m1/s1/i2D. The van der Waals surface area contributed by atoms with Crippen molar-refractivity contribution in [2.24, 2.45) is 0 Å². The van der Waals surface area contributed by atoms with E-state index >= 15 is 0 Å². The maximum Gasteiger partial charge on any atom is 0.330 e. The summed E-state index contributed by atoms with van der Waals surface area (Å²) in [6.45, 7) is 3.26. The molecular formula is C22H28N3O6PS. The number of aryl methyl sites for hydroxylation is 1. The Morgan fingerprint density at radius 2 is 2.06 bits per heavy atom. The maximum atomic E-state index is 12.4. The second-order valence-electron chi connectivity index (χ2n) is 7.93. The van der Waals surface area contributed by atoms with Gasteiger partial charge < -0.3 is 13.8 Å². The van der Waals surface area contributed by atoms with Gasteiger partial charge in [-0.2, -0.15) is 0 Å². The van der Waals surface area contributed by atoms with Crippen LogP contribution in [-0.2, 0) is 13.8 Å². The highest BCUT2D eigenvalue weighted by molar-refractivity contribution is 8.14. The Bertz CT molecular complexity index is 1090. The van der Waals surface area contributed by atoms with Crippen LogP contribution in [-0.4, -0.2) is 50.6 Å². The van der Waals surface area contributed by atoms with E-state index in [4.69, 9.17) is 15.2 Å². The van der Waals surface area contributed by atoms with E-state index < -0.39 is 38.2 Å². The molecule has 2 unspecified atom stereocenters. The van der Waals surface area contributed by atoms with E-state index in [1.54, 1.807) is 19.1 Å². The normalized spacial score (nSPS) is 24.6. The molecule has 0 bridgehead atoms. The summed E-state index contributed by atoms with van der Waals surface area (Å²) in [5, 5.41) is -0.0712. The molecule has 2 aliphatic heterocycles. The van der Waals surface area contributed by atoms with Gasteiger partial charge in [0, 0.05) is 38.2 Å². The molecule has 2 aromatic rings. The number of ether oxygens (including phenoxy) is 1. The Balaban J connectivity index is 1.42. The summed E-state index contributed by atoms with van der Waals surface area (Å²) in [6.07, 6.45) is 2.26. The van der Waals surface area contributed by atoms with E-state index in [2.05, 4.69) is 9.65 Å². The van der Waals surface area contributed by atoms with Crippen LogP contribution < -0.4 is 11.2 Å². The predicted octanol–water partition coefficient (Wildman–Crippen LogP) is 3.41. The molecule has 0 radical (unpaired) electrons. The number of rotatable bonds is 8. The molecule has 2 saturated heterocycles. The molecule has 1 aromatic carbocycles. The largest absolute Gasteiger partial charge is 0.352 e. The van der Waals surface area contributed by atoms with Crippen molar-refractivity contribution < 1.29 is 19.9 Å². The summed E-state index contributed by atoms with van der Waals surface area (Å²) in [6, 6.07) is 9.04. The number of carbonyl (C=O) groups excluding carboxylic acids is 1. The number of carbonyl (C=O) groups is 1. The Labute approximate surface area is 198 Å². The molecule has 33 heavy (non-hydrogen) atoms. The molecule has 2 fully saturated rings. The number of aromatic amines is 1. The van der Waals surface area contributed by atoms with Crippen molar-refractivity contribution in [3.8, 4) is 0 Å². The van der Waals surface area contributed by atoms with Crippen molar-refractivity contribution in [2.45, 2.75) is 51.5 Å². The SMILES string of the molecule is [2H]C[C@H]1O[C@@H](n2cc(C)c(=O)[nH]c2=O)CC1OP(OCSC(=O)c1ccccc1)N1CCCC1. The van der Waals surface area contributed by atoms with Crippen LogP contribution >= 0.6 is 20.3 Å². The lowest BCUT2D eigenvalue weighted by molar-refractivity contribution is -0.00785. The average Bonchev–Trinajstić information content (AvgIpc) is 3.51. The number of hydrogen-bond donors (Lipinski definition) is 1. The topological polar surface area (TPSA) is 103 Å². The first-order valence-electron chi connectivity index (χ1n) is 11.5. The van der Waals surface area contributed by atoms with Gasteiger partial charge in [0.1, 0.15) is 12.2 Å². The Morgan fingerprint density at radius 3 is 2.79 bits per heavy atom. The molecule has 178 valence electrons. The third-order valence-corrected chi connectivity index (χ3v) is 8.11. The highest BCUT2D eigenvalue weighted by Gasteiger charge is 2.38. The summed E-state index contributed by atoms with van der Waals surface area (Å²) < 4.78 is 29.7. The molecule has 0 amide bonds. The van der Waals surface area contributed by atoms with Crippen LogP contribution in [0.5, 0.6) is 0 Å². The molecule has 1 aromatic heterocycles. The molecule has 0 saturated carbocycles. The average molecular weight is 495 g/mol. The molecule has 4 rings (SSSR count). The van der Waals surface area contributed by atoms with Gasteiger partial charge in [0.2, 0.25) is 5.12 Å². The lowest BCUT2D eigenvalue weighted by Gasteiger charge is -2.28. The maximum absolute atomic E-state index is 12.4. The van der Waals surface area contributed by atoms with Crippen molar-refractivity contribution in [2.75, 3.05) is 19.0 Å². The van der Waals surface area contributed by atoms with Gasteiger partial charge in [-0.05, 0) is 26.7 Å². The predicted molar refractivity (Wildman–Crippen MR) is 127 cm³/mol. The van der Waals surface area contributed by atoms with Gasteiger partial charge in [-0.25, -0.2) is 9.46 Å². The van der Waals surface area contributed by atoms with Crippen LogP contribution in [0.1, 0.15) is 49.7 Å². The van der Waals surface area contributed by atoms with Crippen molar-refractivity contribution in [3.05, 3.63) is 68.5 Å². The smallest absolute Gasteiger partial charge is 0.330 e. The Morgan fingerprint density at radius 1 is 1.30 bits per heavy atom. The quantitative estimate of drug-likeness (QED) is 0.440. The minimum atomic E-state index is -1.46. The highest BCUT2D eigenvalue weighted by Crippen LogP contribution is 2.49. The van der Waals surface area contributed by atoms with Gasteiger partial charge in [-0.3, -0.25) is 19.1 Å². The van der Waals surface area contributed by atoms with Gasteiger partial charge in [0.15, 0.2) is 0 Å².